The zero-order valence-electron chi connectivity index (χ0n) is 6.90. The van der Waals surface area contributed by atoms with Crippen LogP contribution < -0.4 is 0 Å². The van der Waals surface area contributed by atoms with Crippen molar-refractivity contribution in [1.29, 1.82) is 0 Å². The van der Waals surface area contributed by atoms with Crippen molar-refractivity contribution in [3.63, 3.8) is 0 Å². The van der Waals surface area contributed by atoms with Gasteiger partial charge in [-0.25, -0.2) is 0 Å². The zero-order chi connectivity index (χ0) is 9.10. The average molecular weight is 172 g/mol. The molecule has 2 aromatic heterocycles. The van der Waals surface area contributed by atoms with E-state index in [1.54, 1.807) is 12.3 Å². The minimum Gasteiger partial charge on any atom is -0.360 e. The van der Waals surface area contributed by atoms with Gasteiger partial charge in [0.15, 0.2) is 0 Å². The fourth-order valence-electron chi connectivity index (χ4n) is 1.19. The molecule has 3 nitrogen and oxygen atoms in total. The molecule has 0 saturated heterocycles. The maximum absolute atomic E-state index is 10.1. The van der Waals surface area contributed by atoms with Gasteiger partial charge in [0.1, 0.15) is 6.29 Å². The number of rotatable bonds is 2. The number of aromatic nitrogens is 2. The molecule has 64 valence electrons. The average Bonchev–Trinajstić information content (AvgIpc) is 2.61. The van der Waals surface area contributed by atoms with Crippen molar-refractivity contribution in [2.75, 3.05) is 0 Å². The molecule has 0 aliphatic carbocycles. The highest BCUT2D eigenvalue weighted by molar-refractivity contribution is 5.79. The molecule has 0 fully saturated rings. The van der Waals surface area contributed by atoms with E-state index in [9.17, 15) is 4.79 Å². The lowest BCUT2D eigenvalue weighted by Gasteiger charge is -1.91. The third-order valence-corrected chi connectivity index (χ3v) is 1.79. The SMILES string of the molecule is O=CC=Cc1cnc2cc[nH]c2c1. The van der Waals surface area contributed by atoms with Gasteiger partial charge in [0.25, 0.3) is 0 Å². The summed E-state index contributed by atoms with van der Waals surface area (Å²) in [5.74, 6) is 0. The first-order chi connectivity index (χ1) is 6.40. The van der Waals surface area contributed by atoms with E-state index in [2.05, 4.69) is 9.97 Å². The predicted molar refractivity (Wildman–Crippen MR) is 51.2 cm³/mol. The highest BCUT2D eigenvalue weighted by Crippen LogP contribution is 2.11. The number of fused-ring (bicyclic) bond motifs is 1. The van der Waals surface area contributed by atoms with Gasteiger partial charge >= 0.3 is 0 Å². The molecule has 0 bridgehead atoms. The summed E-state index contributed by atoms with van der Waals surface area (Å²) in [5, 5.41) is 0. The number of hydrogen-bond acceptors (Lipinski definition) is 2. The van der Waals surface area contributed by atoms with Crippen LogP contribution in [-0.4, -0.2) is 16.3 Å². The van der Waals surface area contributed by atoms with Crippen molar-refractivity contribution in [1.82, 2.24) is 9.97 Å². The van der Waals surface area contributed by atoms with Crippen molar-refractivity contribution in [3.8, 4) is 0 Å². The maximum atomic E-state index is 10.1. The van der Waals surface area contributed by atoms with E-state index < -0.39 is 0 Å². The second-order valence-corrected chi connectivity index (χ2v) is 2.67. The van der Waals surface area contributed by atoms with Gasteiger partial charge in [-0.1, -0.05) is 6.08 Å². The van der Waals surface area contributed by atoms with Crippen molar-refractivity contribution in [2.24, 2.45) is 0 Å². The zero-order valence-corrected chi connectivity index (χ0v) is 6.90. The Labute approximate surface area is 75.1 Å². The molecule has 1 N–H and O–H groups in total. The van der Waals surface area contributed by atoms with Crippen molar-refractivity contribution in [3.05, 3.63) is 36.2 Å². The molecule has 0 saturated carbocycles. The van der Waals surface area contributed by atoms with E-state index in [1.807, 2.05) is 18.3 Å². The summed E-state index contributed by atoms with van der Waals surface area (Å²) in [7, 11) is 0. The van der Waals surface area contributed by atoms with Crippen LogP contribution in [0.3, 0.4) is 0 Å². The third kappa shape index (κ3) is 1.49. The first-order valence-corrected chi connectivity index (χ1v) is 3.95. The molecule has 0 amide bonds. The van der Waals surface area contributed by atoms with Gasteiger partial charge in [-0.15, -0.1) is 0 Å². The molecule has 0 aliphatic rings. The summed E-state index contributed by atoms with van der Waals surface area (Å²) in [5.41, 5.74) is 2.83. The molecule has 2 aromatic rings. The number of aldehydes is 1. The first-order valence-electron chi connectivity index (χ1n) is 3.95. The van der Waals surface area contributed by atoms with Crippen molar-refractivity contribution >= 4 is 23.4 Å². The van der Waals surface area contributed by atoms with Crippen molar-refractivity contribution < 1.29 is 4.79 Å². The first kappa shape index (κ1) is 7.73. The number of allylic oxidation sites excluding steroid dienone is 1. The van der Waals surface area contributed by atoms with E-state index in [-0.39, 0.29) is 0 Å². The van der Waals surface area contributed by atoms with E-state index in [1.165, 1.54) is 6.08 Å². The van der Waals surface area contributed by atoms with Crippen LogP contribution in [0.2, 0.25) is 0 Å². The summed E-state index contributed by atoms with van der Waals surface area (Å²) in [6.07, 6.45) is 7.49. The Morgan fingerprint density at radius 3 is 3.23 bits per heavy atom. The quantitative estimate of drug-likeness (QED) is 0.554. The fraction of sp³-hybridized carbons (Fsp3) is 0. The van der Waals surface area contributed by atoms with Gasteiger partial charge in [-0.05, 0) is 23.8 Å². The standard InChI is InChI=1S/C10H8N2O/c13-5-1-2-8-6-10-9(12-7-8)3-4-11-10/h1-7,11H. The second kappa shape index (κ2) is 3.23. The van der Waals surface area contributed by atoms with Crippen LogP contribution >= 0.6 is 0 Å². The molecule has 0 aromatic carbocycles. The highest BCUT2D eigenvalue weighted by Gasteiger charge is 1.94. The normalized spacial score (nSPS) is 11.1. The van der Waals surface area contributed by atoms with Gasteiger partial charge in [-0.2, -0.15) is 0 Å². The number of carbonyl (C=O) groups excluding carboxylic acids is 1. The molecule has 0 aliphatic heterocycles. The lowest BCUT2D eigenvalue weighted by Crippen LogP contribution is -1.77. The molecule has 13 heavy (non-hydrogen) atoms. The van der Waals surface area contributed by atoms with Gasteiger partial charge in [-0.3, -0.25) is 9.78 Å². The number of nitrogens with one attached hydrogen (secondary N) is 1. The Balaban J connectivity index is 2.47. The van der Waals surface area contributed by atoms with E-state index in [4.69, 9.17) is 0 Å². The largest absolute Gasteiger partial charge is 0.360 e. The number of H-pyrrole nitrogens is 1. The van der Waals surface area contributed by atoms with E-state index >= 15 is 0 Å². The van der Waals surface area contributed by atoms with E-state index in [0.29, 0.717) is 0 Å². The van der Waals surface area contributed by atoms with Crippen LogP contribution in [0.1, 0.15) is 5.56 Å². The molecule has 2 rings (SSSR count). The summed E-state index contributed by atoms with van der Waals surface area (Å²) >= 11 is 0. The number of nitrogens with zero attached hydrogens (tertiary/aromatic N) is 1. The second-order valence-electron chi connectivity index (χ2n) is 2.67. The Bertz CT molecular complexity index is 457. The van der Waals surface area contributed by atoms with Crippen LogP contribution in [-0.2, 0) is 4.79 Å². The van der Waals surface area contributed by atoms with E-state index in [0.717, 1.165) is 22.9 Å². The van der Waals surface area contributed by atoms with Crippen LogP contribution in [0.15, 0.2) is 30.6 Å². The Morgan fingerprint density at radius 2 is 2.38 bits per heavy atom. The van der Waals surface area contributed by atoms with Crippen LogP contribution in [0.5, 0.6) is 0 Å². The Kier molecular flexibility index (Phi) is 1.92. The molecular weight excluding hydrogens is 164 g/mol. The van der Waals surface area contributed by atoms with Gasteiger partial charge in [0.05, 0.1) is 11.0 Å². The van der Waals surface area contributed by atoms with Gasteiger partial charge in [0.2, 0.25) is 0 Å². The molecule has 3 heteroatoms. The number of carbonyl (C=O) groups is 1. The monoisotopic (exact) mass is 172 g/mol. The molecule has 0 unspecified atom stereocenters. The minimum atomic E-state index is 0.749. The Hall–Kier alpha value is -1.90. The summed E-state index contributed by atoms with van der Waals surface area (Å²) in [6, 6.07) is 3.85. The third-order valence-electron chi connectivity index (χ3n) is 1.79. The van der Waals surface area contributed by atoms with Crippen LogP contribution in [0.25, 0.3) is 17.1 Å². The molecule has 2 heterocycles. The topological polar surface area (TPSA) is 45.8 Å². The Morgan fingerprint density at radius 1 is 1.46 bits per heavy atom. The maximum Gasteiger partial charge on any atom is 0.142 e. The smallest absolute Gasteiger partial charge is 0.142 e. The predicted octanol–water partition coefficient (Wildman–Crippen LogP) is 1.77. The van der Waals surface area contributed by atoms with Crippen LogP contribution in [0.4, 0.5) is 0 Å². The van der Waals surface area contributed by atoms with Gasteiger partial charge < -0.3 is 4.98 Å². The number of aromatic amines is 1. The molecule has 0 spiro atoms. The number of pyridine rings is 1. The molecule has 0 atom stereocenters. The minimum absolute atomic E-state index is 0.749. The lowest BCUT2D eigenvalue weighted by atomic mass is 10.2. The fourth-order valence-corrected chi connectivity index (χ4v) is 1.19. The molecular formula is C10H8N2O. The summed E-state index contributed by atoms with van der Waals surface area (Å²) < 4.78 is 0. The summed E-state index contributed by atoms with van der Waals surface area (Å²) in [6.45, 7) is 0. The van der Waals surface area contributed by atoms with Gasteiger partial charge in [0, 0.05) is 12.4 Å². The number of hydrogen-bond donors (Lipinski definition) is 1. The van der Waals surface area contributed by atoms with Crippen molar-refractivity contribution in [2.45, 2.75) is 0 Å². The highest BCUT2D eigenvalue weighted by atomic mass is 16.1. The summed E-state index contributed by atoms with van der Waals surface area (Å²) in [4.78, 5) is 17.3. The van der Waals surface area contributed by atoms with Crippen LogP contribution in [0, 0.1) is 0 Å². The molecule has 0 radical (unpaired) electrons. The lowest BCUT2D eigenvalue weighted by molar-refractivity contribution is -0.104.